The first-order valence-corrected chi connectivity index (χ1v) is 12.1. The molecule has 1 amide bonds. The lowest BCUT2D eigenvalue weighted by molar-refractivity contribution is -0.127. The van der Waals surface area contributed by atoms with Crippen molar-refractivity contribution in [2.24, 2.45) is 0 Å². The largest absolute Gasteiger partial charge is 0.464 e. The molecule has 0 spiro atoms. The number of furan rings is 1. The molecule has 160 valence electrons. The number of amides is 1. The third-order valence-corrected chi connectivity index (χ3v) is 7.87. The van der Waals surface area contributed by atoms with E-state index in [1.54, 1.807) is 23.3 Å². The number of aryl methyl sites for hydroxylation is 3. The number of rotatable bonds is 6. The molecule has 3 heterocycles. The van der Waals surface area contributed by atoms with Crippen LogP contribution < -0.4 is 5.56 Å². The Bertz CT molecular complexity index is 1140. The summed E-state index contributed by atoms with van der Waals surface area (Å²) < 4.78 is 7.44. The Hall–Kier alpha value is -2.06. The molecule has 8 heteroatoms. The van der Waals surface area contributed by atoms with E-state index in [4.69, 9.17) is 9.40 Å². The molecule has 0 unspecified atom stereocenters. The lowest BCUT2D eigenvalue weighted by atomic mass is 10.2. The molecule has 4 rings (SSSR count). The minimum atomic E-state index is -0.0140. The van der Waals surface area contributed by atoms with Crippen molar-refractivity contribution in [2.45, 2.75) is 64.2 Å². The van der Waals surface area contributed by atoms with Crippen molar-refractivity contribution >= 4 is 39.2 Å². The van der Waals surface area contributed by atoms with E-state index in [2.05, 4.69) is 0 Å². The molecule has 0 atom stereocenters. The number of thioether (sulfide) groups is 1. The molecular weight excluding hydrogens is 418 g/mol. The highest BCUT2D eigenvalue weighted by atomic mass is 32.2. The van der Waals surface area contributed by atoms with Gasteiger partial charge in [-0.15, -0.1) is 11.3 Å². The van der Waals surface area contributed by atoms with Gasteiger partial charge in [0.15, 0.2) is 5.16 Å². The highest BCUT2D eigenvalue weighted by Gasteiger charge is 2.25. The first-order valence-electron chi connectivity index (χ1n) is 10.3. The molecule has 0 aromatic carbocycles. The van der Waals surface area contributed by atoms with Crippen LogP contribution >= 0.6 is 23.1 Å². The minimum Gasteiger partial charge on any atom is -0.464 e. The zero-order valence-corrected chi connectivity index (χ0v) is 19.5. The summed E-state index contributed by atoms with van der Waals surface area (Å²) in [5.74, 6) is 1.82. The van der Waals surface area contributed by atoms with E-state index in [0.29, 0.717) is 11.7 Å². The summed E-state index contributed by atoms with van der Waals surface area (Å²) in [7, 11) is 1.77. The number of hydrogen-bond donors (Lipinski definition) is 0. The van der Waals surface area contributed by atoms with Gasteiger partial charge in [0.05, 0.1) is 17.7 Å². The molecule has 6 nitrogen and oxygen atoms in total. The molecule has 0 radical (unpaired) electrons. The highest BCUT2D eigenvalue weighted by Crippen LogP contribution is 2.34. The predicted molar refractivity (Wildman–Crippen MR) is 122 cm³/mol. The Kier molecular flexibility index (Phi) is 6.06. The molecule has 1 saturated carbocycles. The summed E-state index contributed by atoms with van der Waals surface area (Å²) in [6.45, 7) is 6.35. The number of carbonyl (C=O) groups is 1. The van der Waals surface area contributed by atoms with Crippen LogP contribution in [-0.2, 0) is 11.3 Å². The number of nitrogens with zero attached hydrogens (tertiary/aromatic N) is 3. The SMILES string of the molecule is Cc1ccc(CN(C)C(=O)CSc2nc3sc(C)c(C)c3c(=O)n2C2CCCC2)o1. The fourth-order valence-corrected chi connectivity index (χ4v) is 6.08. The monoisotopic (exact) mass is 445 g/mol. The molecule has 0 N–H and O–H groups in total. The molecule has 0 aliphatic heterocycles. The molecule has 0 bridgehead atoms. The number of thiophene rings is 1. The minimum absolute atomic E-state index is 0.0140. The van der Waals surface area contributed by atoms with Gasteiger partial charge in [0, 0.05) is 18.0 Å². The normalized spacial score (nSPS) is 14.7. The maximum Gasteiger partial charge on any atom is 0.263 e. The molecule has 0 saturated heterocycles. The van der Waals surface area contributed by atoms with Crippen molar-refractivity contribution < 1.29 is 9.21 Å². The molecule has 1 aliphatic rings. The average molecular weight is 446 g/mol. The second kappa shape index (κ2) is 8.59. The molecule has 1 aliphatic carbocycles. The number of hydrogen-bond acceptors (Lipinski definition) is 6. The van der Waals surface area contributed by atoms with Gasteiger partial charge in [-0.25, -0.2) is 4.98 Å². The van der Waals surface area contributed by atoms with E-state index in [0.717, 1.165) is 57.9 Å². The van der Waals surface area contributed by atoms with Gasteiger partial charge >= 0.3 is 0 Å². The molecule has 30 heavy (non-hydrogen) atoms. The Labute approximate surface area is 184 Å². The lowest BCUT2D eigenvalue weighted by Gasteiger charge is -2.19. The first kappa shape index (κ1) is 21.2. The highest BCUT2D eigenvalue weighted by molar-refractivity contribution is 7.99. The van der Waals surface area contributed by atoms with Gasteiger partial charge in [-0.05, 0) is 51.3 Å². The van der Waals surface area contributed by atoms with Crippen molar-refractivity contribution in [3.05, 3.63) is 44.4 Å². The van der Waals surface area contributed by atoms with Crippen molar-refractivity contribution in [1.29, 1.82) is 0 Å². The van der Waals surface area contributed by atoms with Crippen molar-refractivity contribution in [1.82, 2.24) is 14.5 Å². The van der Waals surface area contributed by atoms with E-state index in [9.17, 15) is 9.59 Å². The van der Waals surface area contributed by atoms with E-state index in [1.165, 1.54) is 11.8 Å². The zero-order chi connectivity index (χ0) is 21.4. The van der Waals surface area contributed by atoms with E-state index in [-0.39, 0.29) is 23.3 Å². The summed E-state index contributed by atoms with van der Waals surface area (Å²) in [4.78, 5) is 34.5. The fourth-order valence-electron chi connectivity index (χ4n) is 4.00. The van der Waals surface area contributed by atoms with Gasteiger partial charge in [0.1, 0.15) is 16.4 Å². The van der Waals surface area contributed by atoms with Gasteiger partial charge in [0.25, 0.3) is 5.56 Å². The van der Waals surface area contributed by atoms with Gasteiger partial charge in [0.2, 0.25) is 5.91 Å². The lowest BCUT2D eigenvalue weighted by Crippen LogP contribution is -2.29. The summed E-state index contributed by atoms with van der Waals surface area (Å²) in [5, 5.41) is 1.40. The summed E-state index contributed by atoms with van der Waals surface area (Å²) in [6, 6.07) is 3.96. The Morgan fingerprint density at radius 1 is 1.30 bits per heavy atom. The van der Waals surface area contributed by atoms with Crippen molar-refractivity contribution in [3.63, 3.8) is 0 Å². The first-order chi connectivity index (χ1) is 14.3. The summed E-state index contributed by atoms with van der Waals surface area (Å²) >= 11 is 2.92. The maximum absolute atomic E-state index is 13.4. The van der Waals surface area contributed by atoms with Crippen LogP contribution in [0.15, 0.2) is 26.5 Å². The van der Waals surface area contributed by atoms with Crippen LogP contribution in [0.2, 0.25) is 0 Å². The van der Waals surface area contributed by atoms with E-state index in [1.807, 2.05) is 37.5 Å². The number of carbonyl (C=O) groups excluding carboxylic acids is 1. The second-order valence-electron chi connectivity index (χ2n) is 8.02. The number of fused-ring (bicyclic) bond motifs is 1. The molecule has 1 fully saturated rings. The second-order valence-corrected chi connectivity index (χ2v) is 10.2. The maximum atomic E-state index is 13.4. The fraction of sp³-hybridized carbons (Fsp3) is 0.500. The summed E-state index contributed by atoms with van der Waals surface area (Å²) in [6.07, 6.45) is 4.25. The Balaban J connectivity index is 1.59. The molecule has 3 aromatic rings. The molecular formula is C22H27N3O3S2. The van der Waals surface area contributed by atoms with Crippen LogP contribution in [0, 0.1) is 20.8 Å². The molecule has 3 aromatic heterocycles. The van der Waals surface area contributed by atoms with Gasteiger partial charge in [-0.1, -0.05) is 24.6 Å². The van der Waals surface area contributed by atoms with Crippen LogP contribution in [0.1, 0.15) is 53.7 Å². The van der Waals surface area contributed by atoms with Crippen LogP contribution in [0.5, 0.6) is 0 Å². The zero-order valence-electron chi connectivity index (χ0n) is 17.9. The third kappa shape index (κ3) is 4.07. The number of aromatic nitrogens is 2. The Morgan fingerprint density at radius 2 is 2.03 bits per heavy atom. The van der Waals surface area contributed by atoms with E-state index >= 15 is 0 Å². The summed E-state index contributed by atoms with van der Waals surface area (Å²) in [5.41, 5.74) is 1.07. The van der Waals surface area contributed by atoms with Crippen molar-refractivity contribution in [2.75, 3.05) is 12.8 Å². The quantitative estimate of drug-likeness (QED) is 0.401. The topological polar surface area (TPSA) is 68.3 Å². The smallest absolute Gasteiger partial charge is 0.263 e. The van der Waals surface area contributed by atoms with Gasteiger partial charge < -0.3 is 9.32 Å². The third-order valence-electron chi connectivity index (χ3n) is 5.83. The van der Waals surface area contributed by atoms with Crippen LogP contribution in [0.4, 0.5) is 0 Å². The average Bonchev–Trinajstić information content (AvgIpc) is 3.42. The van der Waals surface area contributed by atoms with Crippen LogP contribution in [0.25, 0.3) is 10.2 Å². The predicted octanol–water partition coefficient (Wildman–Crippen LogP) is 4.84. The van der Waals surface area contributed by atoms with Gasteiger partial charge in [-0.3, -0.25) is 14.2 Å². The van der Waals surface area contributed by atoms with Gasteiger partial charge in [-0.2, -0.15) is 0 Å². The van der Waals surface area contributed by atoms with Crippen LogP contribution in [0.3, 0.4) is 0 Å². The van der Waals surface area contributed by atoms with Crippen molar-refractivity contribution in [3.8, 4) is 0 Å². The standard InChI is InChI=1S/C22H27N3O3S2/c1-13-9-10-17(28-13)11-24(4)18(26)12-29-22-23-20-19(14(2)15(3)30-20)21(27)25(22)16-7-5-6-8-16/h9-10,16H,5-8,11-12H2,1-4H3. The van der Waals surface area contributed by atoms with Crippen LogP contribution in [-0.4, -0.2) is 33.2 Å². The Morgan fingerprint density at radius 3 is 2.70 bits per heavy atom. The van der Waals surface area contributed by atoms with E-state index < -0.39 is 0 Å².